The lowest BCUT2D eigenvalue weighted by atomic mass is 9.49. The van der Waals surface area contributed by atoms with Gasteiger partial charge in [-0.3, -0.25) is 0 Å². The Labute approximate surface area is 159 Å². The zero-order valence-corrected chi connectivity index (χ0v) is 15.1. The predicted molar refractivity (Wildman–Crippen MR) is 107 cm³/mol. The van der Waals surface area contributed by atoms with Crippen LogP contribution in [0.4, 0.5) is 0 Å². The van der Waals surface area contributed by atoms with Crippen molar-refractivity contribution >= 4 is 0 Å². The Morgan fingerprint density at radius 1 is 0.556 bits per heavy atom. The molecule has 6 rings (SSSR count). The van der Waals surface area contributed by atoms with Gasteiger partial charge in [-0.15, -0.1) is 0 Å². The molecule has 1 nitrogen and oxygen atoms in total. The van der Waals surface area contributed by atoms with E-state index < -0.39 is 11.2 Å². The highest BCUT2D eigenvalue weighted by Gasteiger charge is 2.75. The molecule has 1 saturated carbocycles. The zero-order chi connectivity index (χ0) is 18.2. The van der Waals surface area contributed by atoms with Crippen molar-refractivity contribution in [1.29, 1.82) is 0 Å². The number of hydrogen-bond acceptors (Lipinski definition) is 1. The van der Waals surface area contributed by atoms with Gasteiger partial charge in [-0.2, -0.15) is 0 Å². The molecular formula is C26H20O. The number of rotatable bonds is 2. The van der Waals surface area contributed by atoms with Gasteiger partial charge in [0.05, 0.1) is 0 Å². The van der Waals surface area contributed by atoms with Gasteiger partial charge in [0.15, 0.2) is 0 Å². The van der Waals surface area contributed by atoms with Crippen LogP contribution in [0.5, 0.6) is 0 Å². The van der Waals surface area contributed by atoms with Gasteiger partial charge in [-0.05, 0) is 33.4 Å². The van der Waals surface area contributed by atoms with E-state index in [0.29, 0.717) is 0 Å². The molecule has 2 aliphatic heterocycles. The van der Waals surface area contributed by atoms with Gasteiger partial charge >= 0.3 is 0 Å². The van der Waals surface area contributed by atoms with E-state index in [1.165, 1.54) is 22.3 Å². The summed E-state index contributed by atoms with van der Waals surface area (Å²) >= 11 is 0. The Morgan fingerprint density at radius 2 is 0.926 bits per heavy atom. The summed E-state index contributed by atoms with van der Waals surface area (Å²) < 4.78 is 7.20. The Balaban J connectivity index is 1.73. The molecule has 3 aliphatic rings. The molecule has 0 aromatic heterocycles. The van der Waals surface area contributed by atoms with Crippen molar-refractivity contribution < 1.29 is 4.74 Å². The number of benzene rings is 3. The van der Waals surface area contributed by atoms with Crippen molar-refractivity contribution in [2.45, 2.75) is 11.2 Å². The quantitative estimate of drug-likeness (QED) is 0.588. The molecule has 1 heteroatoms. The Morgan fingerprint density at radius 3 is 1.33 bits per heavy atom. The van der Waals surface area contributed by atoms with Gasteiger partial charge in [-0.1, -0.05) is 98.1 Å². The van der Waals surface area contributed by atoms with Gasteiger partial charge in [0, 0.05) is 11.8 Å². The second kappa shape index (κ2) is 4.88. The van der Waals surface area contributed by atoms with Crippen molar-refractivity contribution in [2.75, 3.05) is 0 Å². The topological polar surface area (TPSA) is 9.23 Å². The lowest BCUT2D eigenvalue weighted by Gasteiger charge is -2.50. The third-order valence-electron chi connectivity index (χ3n) is 6.83. The highest BCUT2D eigenvalue weighted by molar-refractivity contribution is 5.66. The third-order valence-corrected chi connectivity index (χ3v) is 6.83. The maximum absolute atomic E-state index is 7.20. The molecule has 2 fully saturated rings. The standard InChI is InChI=1S/C26H20O/c1-17-18(2)24-23(17)25(19-11-5-3-6-12-19)21-15-9-10-16-22(21)26(24,27-25)20-13-7-4-8-14-20/h3-16,23-24H,1-2H2. The molecule has 0 N–H and O–H groups in total. The molecule has 4 unspecified atom stereocenters. The van der Waals surface area contributed by atoms with E-state index >= 15 is 0 Å². The molecule has 0 radical (unpaired) electrons. The fraction of sp³-hybridized carbons (Fsp3) is 0.154. The predicted octanol–water partition coefficient (Wildman–Crippen LogP) is 5.58. The summed E-state index contributed by atoms with van der Waals surface area (Å²) in [6.45, 7) is 8.78. The molecule has 1 saturated heterocycles. The minimum Gasteiger partial charge on any atom is -0.348 e. The van der Waals surface area contributed by atoms with Crippen molar-refractivity contribution in [2.24, 2.45) is 11.8 Å². The van der Waals surface area contributed by atoms with Crippen LogP contribution in [0.3, 0.4) is 0 Å². The SMILES string of the molecule is C=C1C(=C)C2C1C1(c3ccccc3)OC2(c2ccccc2)c2ccccc21. The van der Waals surface area contributed by atoms with E-state index in [1.54, 1.807) is 0 Å². The molecule has 27 heavy (non-hydrogen) atoms. The second-order valence-corrected chi connectivity index (χ2v) is 7.86. The Kier molecular flexibility index (Phi) is 2.74. The van der Waals surface area contributed by atoms with Crippen LogP contribution in [0.15, 0.2) is 109 Å². The minimum atomic E-state index is -0.489. The van der Waals surface area contributed by atoms with Gasteiger partial charge in [0.2, 0.25) is 0 Å². The van der Waals surface area contributed by atoms with Gasteiger partial charge < -0.3 is 4.74 Å². The summed E-state index contributed by atoms with van der Waals surface area (Å²) in [6, 6.07) is 30.0. The maximum atomic E-state index is 7.20. The van der Waals surface area contributed by atoms with E-state index in [1.807, 2.05) is 0 Å². The lowest BCUT2D eigenvalue weighted by Crippen LogP contribution is -2.49. The maximum Gasteiger partial charge on any atom is 0.128 e. The third kappa shape index (κ3) is 1.53. The van der Waals surface area contributed by atoms with Crippen LogP contribution < -0.4 is 0 Å². The Bertz CT molecular complexity index is 1010. The van der Waals surface area contributed by atoms with Crippen molar-refractivity contribution in [3.63, 3.8) is 0 Å². The van der Waals surface area contributed by atoms with Gasteiger partial charge in [0.25, 0.3) is 0 Å². The summed E-state index contributed by atoms with van der Waals surface area (Å²) in [5, 5.41) is 0. The number of ether oxygens (including phenoxy) is 1. The first-order valence-corrected chi connectivity index (χ1v) is 9.50. The second-order valence-electron chi connectivity index (χ2n) is 7.86. The molecule has 3 aromatic carbocycles. The normalized spacial score (nSPS) is 32.7. The summed E-state index contributed by atoms with van der Waals surface area (Å²) in [6.07, 6.45) is 0. The van der Waals surface area contributed by atoms with Crippen LogP contribution >= 0.6 is 0 Å². The number of hydrogen-bond donors (Lipinski definition) is 0. The summed E-state index contributed by atoms with van der Waals surface area (Å²) in [5.74, 6) is 0.449. The fourth-order valence-corrected chi connectivity index (χ4v) is 5.78. The van der Waals surface area contributed by atoms with Crippen LogP contribution in [0, 0.1) is 11.8 Å². The van der Waals surface area contributed by atoms with Crippen molar-refractivity contribution in [3.8, 4) is 0 Å². The van der Waals surface area contributed by atoms with E-state index in [-0.39, 0.29) is 11.8 Å². The molecule has 0 amide bonds. The van der Waals surface area contributed by atoms with E-state index in [2.05, 4.69) is 98.1 Å². The average Bonchev–Trinajstić information content (AvgIpc) is 3.22. The van der Waals surface area contributed by atoms with Crippen LogP contribution in [0.1, 0.15) is 22.3 Å². The van der Waals surface area contributed by atoms with Gasteiger partial charge in [0.1, 0.15) is 11.2 Å². The van der Waals surface area contributed by atoms with Crippen molar-refractivity contribution in [1.82, 2.24) is 0 Å². The van der Waals surface area contributed by atoms with Crippen LogP contribution in [0.2, 0.25) is 0 Å². The highest BCUT2D eigenvalue weighted by atomic mass is 16.5. The monoisotopic (exact) mass is 348 g/mol. The van der Waals surface area contributed by atoms with E-state index in [4.69, 9.17) is 4.74 Å². The molecule has 130 valence electrons. The van der Waals surface area contributed by atoms with Crippen molar-refractivity contribution in [3.05, 3.63) is 131 Å². The first-order valence-electron chi connectivity index (χ1n) is 9.50. The van der Waals surface area contributed by atoms with E-state index in [9.17, 15) is 0 Å². The van der Waals surface area contributed by atoms with E-state index in [0.717, 1.165) is 11.1 Å². The van der Waals surface area contributed by atoms with Crippen LogP contribution in [0.25, 0.3) is 0 Å². The lowest BCUT2D eigenvalue weighted by molar-refractivity contribution is -0.0495. The molecule has 3 aromatic rings. The first-order chi connectivity index (χ1) is 13.2. The molecule has 2 bridgehead atoms. The average molecular weight is 348 g/mol. The molecular weight excluding hydrogens is 328 g/mol. The summed E-state index contributed by atoms with van der Waals surface area (Å²) in [4.78, 5) is 0. The molecule has 0 spiro atoms. The smallest absolute Gasteiger partial charge is 0.128 e. The largest absolute Gasteiger partial charge is 0.348 e. The molecule has 4 atom stereocenters. The summed E-state index contributed by atoms with van der Waals surface area (Å²) in [5.41, 5.74) is 6.25. The van der Waals surface area contributed by atoms with Gasteiger partial charge in [-0.25, -0.2) is 0 Å². The zero-order valence-electron chi connectivity index (χ0n) is 15.1. The van der Waals surface area contributed by atoms with Crippen LogP contribution in [-0.4, -0.2) is 0 Å². The highest BCUT2D eigenvalue weighted by Crippen LogP contribution is 2.76. The minimum absolute atomic E-state index is 0.225. The first kappa shape index (κ1) is 15.2. The fourth-order valence-electron chi connectivity index (χ4n) is 5.78. The summed E-state index contributed by atoms with van der Waals surface area (Å²) in [7, 11) is 0. The molecule has 2 heterocycles. The number of fused-ring (bicyclic) bond motifs is 8. The Hall–Kier alpha value is -2.90. The van der Waals surface area contributed by atoms with Crippen LogP contribution in [-0.2, 0) is 15.9 Å². The molecule has 1 aliphatic carbocycles.